The van der Waals surface area contributed by atoms with Gasteiger partial charge in [0.05, 0.1) is 12.5 Å². The van der Waals surface area contributed by atoms with Crippen LogP contribution in [0.1, 0.15) is 39.8 Å². The van der Waals surface area contributed by atoms with Crippen LogP contribution in [0.15, 0.2) is 59.0 Å². The van der Waals surface area contributed by atoms with Crippen LogP contribution in [0.5, 0.6) is 0 Å². The molecule has 2 N–H and O–H groups in total. The lowest BCUT2D eigenvalue weighted by molar-refractivity contribution is -0.137. The molecule has 3 rings (SSSR count). The van der Waals surface area contributed by atoms with E-state index in [0.717, 1.165) is 16.7 Å². The van der Waals surface area contributed by atoms with E-state index in [4.69, 9.17) is 4.42 Å². The number of hydrogen-bond acceptors (Lipinski definition) is 4. The minimum absolute atomic E-state index is 0.151. The van der Waals surface area contributed by atoms with Gasteiger partial charge in [0, 0.05) is 5.56 Å². The smallest absolute Gasteiger partial charge is 0.305 e. The zero-order valence-corrected chi connectivity index (χ0v) is 15.1. The third kappa shape index (κ3) is 4.23. The Morgan fingerprint density at radius 1 is 1.07 bits per heavy atom. The topological polar surface area (TPSA) is 92.4 Å². The molecule has 0 aliphatic rings. The number of benzene rings is 2. The van der Waals surface area contributed by atoms with Crippen molar-refractivity contribution < 1.29 is 19.1 Å². The number of carbonyl (C=O) groups excluding carboxylic acids is 1. The van der Waals surface area contributed by atoms with Gasteiger partial charge in [-0.05, 0) is 37.1 Å². The fraction of sp³-hybridized carbons (Fsp3) is 0.190. The number of oxazole rings is 1. The number of carboxylic acids is 1. The van der Waals surface area contributed by atoms with Crippen LogP contribution in [0.3, 0.4) is 0 Å². The summed E-state index contributed by atoms with van der Waals surface area (Å²) >= 11 is 0. The molecule has 0 saturated carbocycles. The normalized spacial score (nSPS) is 11.8. The second-order valence-corrected chi connectivity index (χ2v) is 6.27. The molecule has 6 heteroatoms. The molecule has 3 aromatic rings. The van der Waals surface area contributed by atoms with Crippen LogP contribution in [0, 0.1) is 13.8 Å². The Morgan fingerprint density at radius 2 is 1.74 bits per heavy atom. The minimum Gasteiger partial charge on any atom is -0.481 e. The Labute approximate surface area is 156 Å². The number of rotatable bonds is 6. The molecule has 0 unspecified atom stereocenters. The first-order chi connectivity index (χ1) is 13.0. The lowest BCUT2D eigenvalue weighted by atomic mass is 9.98. The second kappa shape index (κ2) is 7.86. The van der Waals surface area contributed by atoms with Gasteiger partial charge in [-0.3, -0.25) is 9.59 Å². The van der Waals surface area contributed by atoms with Crippen LogP contribution >= 0.6 is 0 Å². The number of nitrogens with zero attached hydrogens (tertiary/aromatic N) is 1. The van der Waals surface area contributed by atoms with Crippen LogP contribution in [-0.4, -0.2) is 22.0 Å². The van der Waals surface area contributed by atoms with E-state index in [2.05, 4.69) is 10.3 Å². The predicted molar refractivity (Wildman–Crippen MR) is 100 cm³/mol. The molecule has 0 aliphatic heterocycles. The number of nitrogens with one attached hydrogen (secondary N) is 1. The molecular weight excluding hydrogens is 344 g/mol. The van der Waals surface area contributed by atoms with Crippen molar-refractivity contribution in [1.29, 1.82) is 0 Å². The number of carboxylic acid groups (broad SMARTS) is 1. The molecule has 138 valence electrons. The van der Waals surface area contributed by atoms with Crippen molar-refractivity contribution in [2.45, 2.75) is 26.3 Å². The van der Waals surface area contributed by atoms with Crippen LogP contribution in [0.25, 0.3) is 11.5 Å². The third-order valence-corrected chi connectivity index (χ3v) is 4.28. The van der Waals surface area contributed by atoms with Crippen LogP contribution in [0.4, 0.5) is 0 Å². The van der Waals surface area contributed by atoms with E-state index in [-0.39, 0.29) is 12.1 Å². The predicted octanol–water partition coefficient (Wildman–Crippen LogP) is 3.90. The van der Waals surface area contributed by atoms with Crippen LogP contribution in [0.2, 0.25) is 0 Å². The number of aryl methyl sites for hydroxylation is 2. The molecule has 27 heavy (non-hydrogen) atoms. The van der Waals surface area contributed by atoms with E-state index in [1.807, 2.05) is 61.5 Å². The summed E-state index contributed by atoms with van der Waals surface area (Å²) in [6, 6.07) is 16.0. The summed E-state index contributed by atoms with van der Waals surface area (Å²) in [6.45, 7) is 3.54. The fourth-order valence-corrected chi connectivity index (χ4v) is 2.93. The molecule has 6 nitrogen and oxygen atoms in total. The number of aliphatic carboxylic acids is 1. The van der Waals surface area contributed by atoms with Gasteiger partial charge in [0.1, 0.15) is 5.76 Å². The zero-order valence-electron chi connectivity index (χ0n) is 15.1. The Hall–Kier alpha value is -3.41. The molecule has 0 spiro atoms. The zero-order chi connectivity index (χ0) is 19.4. The number of carbonyl (C=O) groups is 2. The van der Waals surface area contributed by atoms with Gasteiger partial charge in [-0.2, -0.15) is 0 Å². The van der Waals surface area contributed by atoms with Gasteiger partial charge in [0.25, 0.3) is 5.91 Å². The molecule has 0 fully saturated rings. The van der Waals surface area contributed by atoms with Crippen molar-refractivity contribution >= 4 is 11.9 Å². The maximum atomic E-state index is 12.8. The lowest BCUT2D eigenvalue weighted by Crippen LogP contribution is -2.31. The van der Waals surface area contributed by atoms with Gasteiger partial charge < -0.3 is 14.8 Å². The van der Waals surface area contributed by atoms with E-state index in [0.29, 0.717) is 11.7 Å². The summed E-state index contributed by atoms with van der Waals surface area (Å²) in [5.41, 5.74) is 2.59. The van der Waals surface area contributed by atoms with Gasteiger partial charge in [0.2, 0.25) is 5.89 Å². The summed E-state index contributed by atoms with van der Waals surface area (Å²) in [6.07, 6.45) is -0.223. The summed E-state index contributed by atoms with van der Waals surface area (Å²) < 4.78 is 5.63. The Kier molecular flexibility index (Phi) is 5.35. The Balaban J connectivity index is 1.87. The number of aromatic nitrogens is 1. The molecule has 1 atom stereocenters. The second-order valence-electron chi connectivity index (χ2n) is 6.27. The summed E-state index contributed by atoms with van der Waals surface area (Å²) in [5.74, 6) is -0.729. The van der Waals surface area contributed by atoms with Gasteiger partial charge in [-0.15, -0.1) is 0 Å². The number of hydrogen-bond donors (Lipinski definition) is 2. The van der Waals surface area contributed by atoms with E-state index in [1.54, 1.807) is 6.92 Å². The standard InChI is InChI=1S/C21H20N2O4/c1-13-8-6-7-11-16(13)17(12-18(24)25)22-20(26)19-14(2)27-21(23-19)15-9-4-3-5-10-15/h3-11,17H,12H2,1-2H3,(H,22,26)(H,24,25)/t17-/m0/s1. The van der Waals surface area contributed by atoms with Gasteiger partial charge in [-0.25, -0.2) is 4.98 Å². The lowest BCUT2D eigenvalue weighted by Gasteiger charge is -2.19. The molecule has 0 aliphatic carbocycles. The van der Waals surface area contributed by atoms with Gasteiger partial charge >= 0.3 is 5.97 Å². The largest absolute Gasteiger partial charge is 0.481 e. The van der Waals surface area contributed by atoms with Gasteiger partial charge in [-0.1, -0.05) is 42.5 Å². The van der Waals surface area contributed by atoms with E-state index in [1.165, 1.54) is 0 Å². The number of amides is 1. The highest BCUT2D eigenvalue weighted by molar-refractivity contribution is 5.94. The molecule has 0 bridgehead atoms. The van der Waals surface area contributed by atoms with E-state index < -0.39 is 17.9 Å². The third-order valence-electron chi connectivity index (χ3n) is 4.28. The van der Waals surface area contributed by atoms with E-state index >= 15 is 0 Å². The first-order valence-electron chi connectivity index (χ1n) is 8.56. The average molecular weight is 364 g/mol. The van der Waals surface area contributed by atoms with Crippen molar-refractivity contribution in [3.05, 3.63) is 77.2 Å². The van der Waals surface area contributed by atoms with Crippen molar-refractivity contribution in [2.24, 2.45) is 0 Å². The van der Waals surface area contributed by atoms with Crippen molar-refractivity contribution in [2.75, 3.05) is 0 Å². The highest BCUT2D eigenvalue weighted by atomic mass is 16.4. The van der Waals surface area contributed by atoms with Crippen LogP contribution < -0.4 is 5.32 Å². The summed E-state index contributed by atoms with van der Waals surface area (Å²) in [7, 11) is 0. The minimum atomic E-state index is -0.995. The first kappa shape index (κ1) is 18.4. The summed E-state index contributed by atoms with van der Waals surface area (Å²) in [4.78, 5) is 28.3. The average Bonchev–Trinajstić information content (AvgIpc) is 3.04. The molecular formula is C21H20N2O4. The Bertz CT molecular complexity index is 963. The maximum absolute atomic E-state index is 12.8. The van der Waals surface area contributed by atoms with E-state index in [9.17, 15) is 14.7 Å². The molecule has 1 heterocycles. The fourth-order valence-electron chi connectivity index (χ4n) is 2.93. The van der Waals surface area contributed by atoms with Crippen molar-refractivity contribution in [3.63, 3.8) is 0 Å². The first-order valence-corrected chi connectivity index (χ1v) is 8.56. The maximum Gasteiger partial charge on any atom is 0.305 e. The summed E-state index contributed by atoms with van der Waals surface area (Å²) in [5, 5.41) is 12.0. The van der Waals surface area contributed by atoms with Crippen LogP contribution in [-0.2, 0) is 4.79 Å². The molecule has 1 amide bonds. The van der Waals surface area contributed by atoms with Crippen molar-refractivity contribution in [1.82, 2.24) is 10.3 Å². The molecule has 0 radical (unpaired) electrons. The highest BCUT2D eigenvalue weighted by Gasteiger charge is 2.24. The quantitative estimate of drug-likeness (QED) is 0.692. The SMILES string of the molecule is Cc1ccccc1[C@H](CC(=O)O)NC(=O)c1nc(-c2ccccc2)oc1C. The highest BCUT2D eigenvalue weighted by Crippen LogP contribution is 2.24. The molecule has 1 aromatic heterocycles. The molecule has 2 aromatic carbocycles. The molecule has 0 saturated heterocycles. The Morgan fingerprint density at radius 3 is 2.41 bits per heavy atom. The van der Waals surface area contributed by atoms with Gasteiger partial charge in [0.15, 0.2) is 5.69 Å². The van der Waals surface area contributed by atoms with Crippen molar-refractivity contribution in [3.8, 4) is 11.5 Å². The monoisotopic (exact) mass is 364 g/mol.